The average molecular weight is 251 g/mol. The van der Waals surface area contributed by atoms with Gasteiger partial charge < -0.3 is 19.9 Å². The molecular weight excluding hydrogens is 234 g/mol. The summed E-state index contributed by atoms with van der Waals surface area (Å²) in [6, 6.07) is 7.18. The molecule has 5 nitrogen and oxygen atoms in total. The first-order chi connectivity index (χ1) is 8.70. The topological polar surface area (TPSA) is 67.8 Å². The summed E-state index contributed by atoms with van der Waals surface area (Å²) in [6.07, 6.45) is -0.114. The average Bonchev–Trinajstić information content (AvgIpc) is 2.38. The smallest absolute Gasteiger partial charge is 0.264 e. The van der Waals surface area contributed by atoms with Crippen molar-refractivity contribution in [2.24, 2.45) is 0 Å². The van der Waals surface area contributed by atoms with Crippen LogP contribution in [-0.4, -0.2) is 36.4 Å². The number of aliphatic hydroxyl groups excluding tert-OH is 1. The molecule has 1 amide bonds. The Morgan fingerprint density at radius 2 is 2.22 bits per heavy atom. The lowest BCUT2D eigenvalue weighted by atomic mass is 10.2. The molecule has 5 heteroatoms. The Bertz CT molecular complexity index is 421. The fraction of sp³-hybridized carbons (Fsp3) is 0.462. The Kier molecular flexibility index (Phi) is 4.04. The van der Waals surface area contributed by atoms with Crippen LogP contribution in [0.3, 0.4) is 0 Å². The number of aliphatic hydroxyl groups is 1. The van der Waals surface area contributed by atoms with Crippen LogP contribution in [0.25, 0.3) is 0 Å². The van der Waals surface area contributed by atoms with Gasteiger partial charge in [-0.3, -0.25) is 4.79 Å². The summed E-state index contributed by atoms with van der Waals surface area (Å²) in [5.74, 6) is 1.02. The summed E-state index contributed by atoms with van der Waals surface area (Å²) in [7, 11) is 0. The van der Waals surface area contributed by atoms with Crippen LogP contribution in [0.5, 0.6) is 11.5 Å². The minimum atomic E-state index is -0.638. The highest BCUT2D eigenvalue weighted by atomic mass is 16.6. The van der Waals surface area contributed by atoms with Crippen LogP contribution in [0, 0.1) is 0 Å². The van der Waals surface area contributed by atoms with E-state index in [0.29, 0.717) is 17.9 Å². The van der Waals surface area contributed by atoms with Crippen molar-refractivity contribution in [3.8, 4) is 11.5 Å². The van der Waals surface area contributed by atoms with Crippen LogP contribution < -0.4 is 14.8 Å². The molecule has 0 bridgehead atoms. The molecule has 0 aliphatic carbocycles. The molecule has 0 saturated heterocycles. The molecule has 1 heterocycles. The molecule has 1 aliphatic rings. The van der Waals surface area contributed by atoms with Crippen molar-refractivity contribution in [1.29, 1.82) is 0 Å². The van der Waals surface area contributed by atoms with E-state index >= 15 is 0 Å². The lowest BCUT2D eigenvalue weighted by molar-refractivity contribution is -0.131. The molecule has 1 aromatic carbocycles. The molecule has 2 atom stereocenters. The van der Waals surface area contributed by atoms with E-state index in [0.717, 1.165) is 0 Å². The molecule has 1 aromatic rings. The molecule has 0 radical (unpaired) electrons. The number of fused-ring (bicyclic) bond motifs is 1. The third kappa shape index (κ3) is 2.92. The third-order valence-corrected chi connectivity index (χ3v) is 2.75. The maximum Gasteiger partial charge on any atom is 0.264 e. The maximum absolute atomic E-state index is 11.9. The van der Waals surface area contributed by atoms with Gasteiger partial charge >= 0.3 is 0 Å². The minimum absolute atomic E-state index is 0.0479. The molecular formula is C13H17NO4. The van der Waals surface area contributed by atoms with Gasteiger partial charge in [-0.15, -0.1) is 0 Å². The van der Waals surface area contributed by atoms with Crippen molar-refractivity contribution < 1.29 is 19.4 Å². The second-order valence-electron chi connectivity index (χ2n) is 4.29. The largest absolute Gasteiger partial charge is 0.485 e. The molecule has 0 fully saturated rings. The molecule has 98 valence electrons. The van der Waals surface area contributed by atoms with E-state index in [1.54, 1.807) is 12.1 Å². The van der Waals surface area contributed by atoms with Crippen molar-refractivity contribution in [3.63, 3.8) is 0 Å². The first kappa shape index (κ1) is 12.7. The number of hydrogen-bond donors (Lipinski definition) is 2. The normalized spacial score (nSPS) is 19.1. The summed E-state index contributed by atoms with van der Waals surface area (Å²) in [6.45, 7) is 2.09. The van der Waals surface area contributed by atoms with E-state index in [4.69, 9.17) is 14.6 Å². The Labute approximate surface area is 106 Å². The van der Waals surface area contributed by atoms with Crippen molar-refractivity contribution in [2.45, 2.75) is 25.5 Å². The van der Waals surface area contributed by atoms with Crippen molar-refractivity contribution in [3.05, 3.63) is 24.3 Å². The van der Waals surface area contributed by atoms with Crippen molar-refractivity contribution in [2.75, 3.05) is 13.2 Å². The van der Waals surface area contributed by atoms with Gasteiger partial charge in [-0.2, -0.15) is 0 Å². The minimum Gasteiger partial charge on any atom is -0.485 e. The van der Waals surface area contributed by atoms with Crippen LogP contribution in [0.15, 0.2) is 24.3 Å². The van der Waals surface area contributed by atoms with E-state index in [2.05, 4.69) is 5.32 Å². The van der Waals surface area contributed by atoms with Gasteiger partial charge in [-0.25, -0.2) is 0 Å². The van der Waals surface area contributed by atoms with Gasteiger partial charge in [0, 0.05) is 12.6 Å². The van der Waals surface area contributed by atoms with Gasteiger partial charge in [0.05, 0.1) is 0 Å². The quantitative estimate of drug-likeness (QED) is 0.827. The number of carbonyl (C=O) groups is 1. The third-order valence-electron chi connectivity index (χ3n) is 2.75. The fourth-order valence-corrected chi connectivity index (χ4v) is 1.75. The second kappa shape index (κ2) is 5.73. The van der Waals surface area contributed by atoms with E-state index in [1.807, 2.05) is 19.1 Å². The summed E-state index contributed by atoms with van der Waals surface area (Å²) >= 11 is 0. The predicted molar refractivity (Wildman–Crippen MR) is 65.7 cm³/mol. The summed E-state index contributed by atoms with van der Waals surface area (Å²) in [5.41, 5.74) is 0. The van der Waals surface area contributed by atoms with E-state index < -0.39 is 6.10 Å². The maximum atomic E-state index is 11.9. The van der Waals surface area contributed by atoms with E-state index in [1.165, 1.54) is 0 Å². The van der Waals surface area contributed by atoms with Crippen LogP contribution in [0.2, 0.25) is 0 Å². The Morgan fingerprint density at radius 3 is 2.94 bits per heavy atom. The van der Waals surface area contributed by atoms with Gasteiger partial charge in [0.25, 0.3) is 5.91 Å². The predicted octanol–water partition coefficient (Wildman–Crippen LogP) is 0.713. The second-order valence-corrected chi connectivity index (χ2v) is 4.29. The molecule has 18 heavy (non-hydrogen) atoms. The zero-order chi connectivity index (χ0) is 13.0. The number of carbonyl (C=O) groups excluding carboxylic acids is 1. The molecule has 2 N–H and O–H groups in total. The number of nitrogens with one attached hydrogen (secondary N) is 1. The summed E-state index contributed by atoms with van der Waals surface area (Å²) in [4.78, 5) is 11.9. The van der Waals surface area contributed by atoms with Crippen LogP contribution >= 0.6 is 0 Å². The van der Waals surface area contributed by atoms with Gasteiger partial charge in [-0.1, -0.05) is 12.1 Å². The number of amides is 1. The Hall–Kier alpha value is -1.75. The van der Waals surface area contributed by atoms with E-state index in [9.17, 15) is 4.79 Å². The highest BCUT2D eigenvalue weighted by Crippen LogP contribution is 2.30. The highest BCUT2D eigenvalue weighted by Gasteiger charge is 2.27. The molecule has 1 aliphatic heterocycles. The number of para-hydroxylation sites is 2. The zero-order valence-electron chi connectivity index (χ0n) is 10.3. The van der Waals surface area contributed by atoms with Gasteiger partial charge in [0.15, 0.2) is 11.5 Å². The fourth-order valence-electron chi connectivity index (χ4n) is 1.75. The Morgan fingerprint density at radius 1 is 1.50 bits per heavy atom. The highest BCUT2D eigenvalue weighted by molar-refractivity contribution is 5.82. The zero-order valence-corrected chi connectivity index (χ0v) is 10.3. The SMILES string of the molecule is C[C@@H](CCO)NC(=O)[C@H]1COc2ccccc2O1. The number of benzene rings is 1. The summed E-state index contributed by atoms with van der Waals surface area (Å²) < 4.78 is 11.0. The van der Waals surface area contributed by atoms with Crippen molar-refractivity contribution >= 4 is 5.91 Å². The number of ether oxygens (including phenoxy) is 2. The van der Waals surface area contributed by atoms with Crippen LogP contribution in [0.1, 0.15) is 13.3 Å². The number of rotatable bonds is 4. The molecule has 0 saturated carbocycles. The van der Waals surface area contributed by atoms with Gasteiger partial charge in [0.1, 0.15) is 6.61 Å². The van der Waals surface area contributed by atoms with Crippen LogP contribution in [0.4, 0.5) is 0 Å². The summed E-state index contributed by atoms with van der Waals surface area (Å²) in [5, 5.41) is 11.6. The molecule has 0 spiro atoms. The monoisotopic (exact) mass is 251 g/mol. The molecule has 0 unspecified atom stereocenters. The molecule has 0 aromatic heterocycles. The number of hydrogen-bond acceptors (Lipinski definition) is 4. The lowest BCUT2D eigenvalue weighted by Gasteiger charge is -2.26. The van der Waals surface area contributed by atoms with Crippen molar-refractivity contribution in [1.82, 2.24) is 5.32 Å². The van der Waals surface area contributed by atoms with Crippen LogP contribution in [-0.2, 0) is 4.79 Å². The van der Waals surface area contributed by atoms with Gasteiger partial charge in [0.2, 0.25) is 6.10 Å². The lowest BCUT2D eigenvalue weighted by Crippen LogP contribution is -2.47. The van der Waals surface area contributed by atoms with E-state index in [-0.39, 0.29) is 25.2 Å². The first-order valence-electron chi connectivity index (χ1n) is 6.00. The van der Waals surface area contributed by atoms with Gasteiger partial charge in [-0.05, 0) is 25.5 Å². The standard InChI is InChI=1S/C13H17NO4/c1-9(6-7-15)14-13(16)12-8-17-10-4-2-3-5-11(10)18-12/h2-5,9,12,15H,6-8H2,1H3,(H,14,16)/t9-,12+/m0/s1. The Balaban J connectivity index is 1.94. The first-order valence-corrected chi connectivity index (χ1v) is 6.00. The molecule has 2 rings (SSSR count).